The van der Waals surface area contributed by atoms with Crippen molar-refractivity contribution in [3.8, 4) is 0 Å². The predicted molar refractivity (Wildman–Crippen MR) is 110 cm³/mol. The molecule has 2 aromatic rings. The molecule has 0 fully saturated rings. The highest BCUT2D eigenvalue weighted by atomic mass is 35.5. The van der Waals surface area contributed by atoms with Gasteiger partial charge in [-0.1, -0.05) is 43.6 Å². The van der Waals surface area contributed by atoms with E-state index in [1.807, 2.05) is 20.8 Å². The van der Waals surface area contributed by atoms with Crippen LogP contribution in [0.1, 0.15) is 26.3 Å². The van der Waals surface area contributed by atoms with Gasteiger partial charge in [-0.2, -0.15) is 0 Å². The molecule has 27 heavy (non-hydrogen) atoms. The van der Waals surface area contributed by atoms with Crippen LogP contribution in [-0.4, -0.2) is 26.9 Å². The van der Waals surface area contributed by atoms with E-state index in [0.29, 0.717) is 16.3 Å². The molecule has 2 aromatic carbocycles. The van der Waals surface area contributed by atoms with Crippen molar-refractivity contribution in [3.05, 3.63) is 59.1 Å². The van der Waals surface area contributed by atoms with E-state index < -0.39 is 10.0 Å². The van der Waals surface area contributed by atoms with E-state index in [2.05, 4.69) is 5.32 Å². The summed E-state index contributed by atoms with van der Waals surface area (Å²) < 4.78 is 27.6. The Balaban J connectivity index is 2.45. The van der Waals surface area contributed by atoms with Crippen LogP contribution >= 0.6 is 11.6 Å². The minimum atomic E-state index is -3.91. The predicted octanol–water partition coefficient (Wildman–Crippen LogP) is 4.00. The first-order valence-electron chi connectivity index (χ1n) is 8.76. The number of sulfonamides is 1. The molecule has 0 saturated carbocycles. The summed E-state index contributed by atoms with van der Waals surface area (Å²) in [6.07, 6.45) is 0. The summed E-state index contributed by atoms with van der Waals surface area (Å²) in [5.74, 6) is -0.115. The number of halogens is 1. The summed E-state index contributed by atoms with van der Waals surface area (Å²) in [6.45, 7) is 7.34. The highest BCUT2D eigenvalue weighted by molar-refractivity contribution is 7.92. The molecule has 0 heterocycles. The van der Waals surface area contributed by atoms with E-state index in [4.69, 9.17) is 11.6 Å². The quantitative estimate of drug-likeness (QED) is 0.752. The number of carbonyl (C=O) groups is 1. The van der Waals surface area contributed by atoms with E-state index in [0.717, 1.165) is 4.31 Å². The van der Waals surface area contributed by atoms with Crippen LogP contribution in [0.2, 0.25) is 5.02 Å². The zero-order valence-corrected chi connectivity index (χ0v) is 17.5. The molecule has 5 nitrogen and oxygen atoms in total. The lowest BCUT2D eigenvalue weighted by Crippen LogP contribution is -2.45. The van der Waals surface area contributed by atoms with Gasteiger partial charge in [-0.05, 0) is 55.7 Å². The third-order valence-electron chi connectivity index (χ3n) is 4.43. The van der Waals surface area contributed by atoms with Crippen LogP contribution in [0.25, 0.3) is 0 Å². The zero-order valence-electron chi connectivity index (χ0n) is 15.9. The lowest BCUT2D eigenvalue weighted by Gasteiger charge is -2.27. The molecule has 7 heteroatoms. The third kappa shape index (κ3) is 5.23. The van der Waals surface area contributed by atoms with Gasteiger partial charge in [0.2, 0.25) is 5.91 Å². The number of anilines is 1. The molecule has 1 N–H and O–H groups in total. The Bertz CT molecular complexity index is 899. The summed E-state index contributed by atoms with van der Waals surface area (Å²) in [4.78, 5) is 12.7. The molecule has 146 valence electrons. The number of benzene rings is 2. The lowest BCUT2D eigenvalue weighted by atomic mass is 10.1. The van der Waals surface area contributed by atoms with Crippen molar-refractivity contribution in [2.24, 2.45) is 5.92 Å². The van der Waals surface area contributed by atoms with Gasteiger partial charge in [0.05, 0.1) is 10.6 Å². The van der Waals surface area contributed by atoms with E-state index in [1.54, 1.807) is 43.3 Å². The summed E-state index contributed by atoms with van der Waals surface area (Å²) in [5, 5.41) is 3.37. The molecule has 0 spiro atoms. The van der Waals surface area contributed by atoms with Crippen molar-refractivity contribution in [1.82, 2.24) is 5.32 Å². The summed E-state index contributed by atoms with van der Waals surface area (Å²) in [7, 11) is -3.91. The Morgan fingerprint density at radius 1 is 1.11 bits per heavy atom. The van der Waals surface area contributed by atoms with Gasteiger partial charge >= 0.3 is 0 Å². The summed E-state index contributed by atoms with van der Waals surface area (Å²) in [5.41, 5.74) is 1.10. The van der Waals surface area contributed by atoms with Gasteiger partial charge < -0.3 is 5.32 Å². The summed E-state index contributed by atoms with van der Waals surface area (Å²) in [6, 6.07) is 12.9. The fourth-order valence-corrected chi connectivity index (χ4v) is 4.25. The molecule has 0 aromatic heterocycles. The van der Waals surface area contributed by atoms with E-state index in [9.17, 15) is 13.2 Å². The maximum absolute atomic E-state index is 13.2. The van der Waals surface area contributed by atoms with Crippen molar-refractivity contribution in [3.63, 3.8) is 0 Å². The molecule has 1 atom stereocenters. The minimum Gasteiger partial charge on any atom is -0.352 e. The topological polar surface area (TPSA) is 66.5 Å². The van der Waals surface area contributed by atoms with Crippen molar-refractivity contribution >= 4 is 33.2 Å². The normalized spacial score (nSPS) is 12.7. The molecular weight excluding hydrogens is 384 g/mol. The Kier molecular flexibility index (Phi) is 6.89. The number of hydrogen-bond acceptors (Lipinski definition) is 3. The van der Waals surface area contributed by atoms with Gasteiger partial charge in [0.15, 0.2) is 0 Å². The Hall–Kier alpha value is -2.05. The first-order chi connectivity index (χ1) is 12.6. The molecule has 0 aliphatic heterocycles. The Morgan fingerprint density at radius 3 is 2.30 bits per heavy atom. The van der Waals surface area contributed by atoms with E-state index >= 15 is 0 Å². The molecule has 0 bridgehead atoms. The van der Waals surface area contributed by atoms with Gasteiger partial charge in [-0.25, -0.2) is 8.42 Å². The van der Waals surface area contributed by atoms with Crippen molar-refractivity contribution < 1.29 is 13.2 Å². The van der Waals surface area contributed by atoms with Gasteiger partial charge in [-0.15, -0.1) is 0 Å². The van der Waals surface area contributed by atoms with Gasteiger partial charge in [0, 0.05) is 11.1 Å². The number of aryl methyl sites for hydroxylation is 1. The van der Waals surface area contributed by atoms with Crippen molar-refractivity contribution in [2.75, 3.05) is 10.8 Å². The monoisotopic (exact) mass is 408 g/mol. The van der Waals surface area contributed by atoms with Crippen LogP contribution in [0, 0.1) is 12.8 Å². The van der Waals surface area contributed by atoms with E-state index in [1.165, 1.54) is 12.1 Å². The molecule has 0 saturated heterocycles. The number of carbonyl (C=O) groups excluding carboxylic acids is 1. The molecule has 0 aliphatic carbocycles. The zero-order chi connectivity index (χ0) is 20.2. The number of nitrogens with one attached hydrogen (secondary N) is 1. The molecule has 1 amide bonds. The maximum atomic E-state index is 13.2. The van der Waals surface area contributed by atoms with Crippen LogP contribution in [0.5, 0.6) is 0 Å². The van der Waals surface area contributed by atoms with Crippen LogP contribution < -0.4 is 9.62 Å². The second-order valence-electron chi connectivity index (χ2n) is 6.86. The van der Waals surface area contributed by atoms with Gasteiger partial charge in [0.1, 0.15) is 6.54 Å². The fraction of sp³-hybridized carbons (Fsp3) is 0.350. The van der Waals surface area contributed by atoms with E-state index in [-0.39, 0.29) is 29.3 Å². The summed E-state index contributed by atoms with van der Waals surface area (Å²) >= 11 is 6.02. The largest absolute Gasteiger partial charge is 0.352 e. The van der Waals surface area contributed by atoms with Gasteiger partial charge in [0.25, 0.3) is 10.0 Å². The highest BCUT2D eigenvalue weighted by Crippen LogP contribution is 2.28. The number of nitrogens with zero attached hydrogens (tertiary/aromatic N) is 1. The number of rotatable bonds is 7. The average molecular weight is 409 g/mol. The molecule has 1 unspecified atom stereocenters. The fourth-order valence-electron chi connectivity index (χ4n) is 2.51. The van der Waals surface area contributed by atoms with Crippen molar-refractivity contribution in [2.45, 2.75) is 38.6 Å². The van der Waals surface area contributed by atoms with Crippen LogP contribution in [0.15, 0.2) is 53.4 Å². The minimum absolute atomic E-state index is 0.0647. The van der Waals surface area contributed by atoms with Crippen LogP contribution in [0.3, 0.4) is 0 Å². The lowest BCUT2D eigenvalue weighted by molar-refractivity contribution is -0.120. The first kappa shape index (κ1) is 21.3. The second kappa shape index (κ2) is 8.76. The smallest absolute Gasteiger partial charge is 0.264 e. The van der Waals surface area contributed by atoms with Crippen molar-refractivity contribution in [1.29, 1.82) is 0 Å². The Morgan fingerprint density at radius 2 is 1.74 bits per heavy atom. The molecule has 0 radical (unpaired) electrons. The standard InChI is InChI=1S/C20H25ClN2O3S/c1-14(2)16(4)22-20(24)13-23(19-11-10-17(21)12-15(19)3)27(25,26)18-8-6-5-7-9-18/h5-12,14,16H,13H2,1-4H3,(H,22,24). The Labute approximate surface area is 166 Å². The highest BCUT2D eigenvalue weighted by Gasteiger charge is 2.28. The third-order valence-corrected chi connectivity index (χ3v) is 6.44. The van der Waals surface area contributed by atoms with Gasteiger partial charge in [-0.3, -0.25) is 9.10 Å². The molecular formula is C20H25ClN2O3S. The SMILES string of the molecule is Cc1cc(Cl)ccc1N(CC(=O)NC(C)C(C)C)S(=O)(=O)c1ccccc1. The average Bonchev–Trinajstić information content (AvgIpc) is 2.60. The van der Waals surface area contributed by atoms with Crippen LogP contribution in [-0.2, 0) is 14.8 Å². The number of amides is 1. The van der Waals surface area contributed by atoms with Crippen LogP contribution in [0.4, 0.5) is 5.69 Å². The molecule has 0 aliphatic rings. The maximum Gasteiger partial charge on any atom is 0.264 e. The number of hydrogen-bond donors (Lipinski definition) is 1. The molecule has 2 rings (SSSR count). The second-order valence-corrected chi connectivity index (χ2v) is 9.15. The first-order valence-corrected chi connectivity index (χ1v) is 10.6.